The highest BCUT2D eigenvalue weighted by molar-refractivity contribution is 5.76. The van der Waals surface area contributed by atoms with Crippen LogP contribution in [0.5, 0.6) is 5.75 Å². The van der Waals surface area contributed by atoms with Crippen molar-refractivity contribution < 1.29 is 4.74 Å². The number of benzene rings is 1. The zero-order chi connectivity index (χ0) is 9.97. The molecular weight excluding hydrogens is 178 g/mol. The molecule has 1 atom stereocenters. The highest BCUT2D eigenvalue weighted by Gasteiger charge is 2.19. The minimum Gasteiger partial charge on any atom is -0.493 e. The summed E-state index contributed by atoms with van der Waals surface area (Å²) in [6.45, 7) is 0.665. The van der Waals surface area contributed by atoms with Gasteiger partial charge in [0, 0.05) is 12.0 Å². The Morgan fingerprint density at radius 3 is 2.93 bits per heavy atom. The number of ether oxygens (including phenoxy) is 1. The fourth-order valence-corrected chi connectivity index (χ4v) is 1.64. The average molecular weight is 191 g/mol. The zero-order valence-corrected chi connectivity index (χ0v) is 7.81. The van der Waals surface area contributed by atoms with Gasteiger partial charge >= 0.3 is 0 Å². The summed E-state index contributed by atoms with van der Waals surface area (Å²) in [4.78, 5) is 4.17. The minimum atomic E-state index is 0.0462. The van der Waals surface area contributed by atoms with Crippen molar-refractivity contribution in [2.45, 2.75) is 12.5 Å². The lowest BCUT2D eigenvalue weighted by molar-refractivity contribution is 0.269. The van der Waals surface area contributed by atoms with Crippen LogP contribution < -0.4 is 16.2 Å². The second kappa shape index (κ2) is 3.57. The van der Waals surface area contributed by atoms with Crippen molar-refractivity contribution in [3.8, 4) is 5.75 Å². The Labute approximate surface area is 82.6 Å². The smallest absolute Gasteiger partial charge is 0.186 e. The van der Waals surface area contributed by atoms with Gasteiger partial charge in [-0.2, -0.15) is 0 Å². The molecule has 0 spiro atoms. The predicted octanol–water partition coefficient (Wildman–Crippen LogP) is 0.784. The molecule has 4 heteroatoms. The van der Waals surface area contributed by atoms with Gasteiger partial charge in [-0.3, -0.25) is 0 Å². The molecular formula is C10H13N3O. The molecule has 0 aliphatic carbocycles. The first-order chi connectivity index (χ1) is 6.77. The molecule has 1 aliphatic heterocycles. The Balaban J connectivity index is 2.35. The topological polar surface area (TPSA) is 73.6 Å². The minimum absolute atomic E-state index is 0.0462. The van der Waals surface area contributed by atoms with E-state index >= 15 is 0 Å². The number of hydrogen-bond acceptors (Lipinski definition) is 2. The largest absolute Gasteiger partial charge is 0.493 e. The molecule has 1 aromatic carbocycles. The summed E-state index contributed by atoms with van der Waals surface area (Å²) in [5.74, 6) is 1.01. The second-order valence-electron chi connectivity index (χ2n) is 3.24. The lowest BCUT2D eigenvalue weighted by atomic mass is 10.0. The fourth-order valence-electron chi connectivity index (χ4n) is 1.64. The van der Waals surface area contributed by atoms with Gasteiger partial charge < -0.3 is 16.2 Å². The van der Waals surface area contributed by atoms with Crippen LogP contribution in [0.25, 0.3) is 0 Å². The number of guanidine groups is 1. The molecule has 14 heavy (non-hydrogen) atoms. The Hall–Kier alpha value is -1.71. The van der Waals surface area contributed by atoms with Gasteiger partial charge in [0.2, 0.25) is 0 Å². The molecule has 0 aromatic heterocycles. The molecule has 0 fully saturated rings. The van der Waals surface area contributed by atoms with Crippen molar-refractivity contribution in [2.75, 3.05) is 6.61 Å². The van der Waals surface area contributed by atoms with Gasteiger partial charge in [0.1, 0.15) is 5.75 Å². The van der Waals surface area contributed by atoms with Crippen molar-refractivity contribution in [1.29, 1.82) is 0 Å². The van der Waals surface area contributed by atoms with Crippen LogP contribution in [0.3, 0.4) is 0 Å². The molecule has 1 heterocycles. The molecule has 0 saturated carbocycles. The van der Waals surface area contributed by atoms with Crippen molar-refractivity contribution in [3.63, 3.8) is 0 Å². The number of fused-ring (bicyclic) bond motifs is 1. The average Bonchev–Trinajstić information content (AvgIpc) is 2.18. The van der Waals surface area contributed by atoms with Gasteiger partial charge in [0.15, 0.2) is 5.96 Å². The molecule has 0 saturated heterocycles. The summed E-state index contributed by atoms with van der Waals surface area (Å²) >= 11 is 0. The number of nitrogens with two attached hydrogens (primary N) is 2. The van der Waals surface area contributed by atoms with Gasteiger partial charge in [0.05, 0.1) is 12.6 Å². The highest BCUT2D eigenvalue weighted by atomic mass is 16.5. The second-order valence-corrected chi connectivity index (χ2v) is 3.24. The third-order valence-corrected chi connectivity index (χ3v) is 2.23. The van der Waals surface area contributed by atoms with Crippen LogP contribution in [0, 0.1) is 0 Å². The van der Waals surface area contributed by atoms with E-state index < -0.39 is 0 Å². The molecule has 2 rings (SSSR count). The maximum atomic E-state index is 5.48. The Bertz CT molecular complexity index is 358. The fraction of sp³-hybridized carbons (Fsp3) is 0.300. The van der Waals surface area contributed by atoms with Crippen LogP contribution in [0.15, 0.2) is 29.3 Å². The van der Waals surface area contributed by atoms with E-state index in [1.807, 2.05) is 24.3 Å². The van der Waals surface area contributed by atoms with E-state index in [2.05, 4.69) is 4.99 Å². The molecule has 0 bridgehead atoms. The number of hydrogen-bond donors (Lipinski definition) is 2. The van der Waals surface area contributed by atoms with Crippen LogP contribution in [0.4, 0.5) is 0 Å². The quantitative estimate of drug-likeness (QED) is 0.509. The Morgan fingerprint density at radius 2 is 2.14 bits per heavy atom. The van der Waals surface area contributed by atoms with Gasteiger partial charge in [-0.05, 0) is 6.07 Å². The summed E-state index contributed by atoms with van der Waals surface area (Å²) in [5.41, 5.74) is 11.8. The lowest BCUT2D eigenvalue weighted by Gasteiger charge is -2.22. The van der Waals surface area contributed by atoms with E-state index in [-0.39, 0.29) is 12.0 Å². The summed E-state index contributed by atoms with van der Waals surface area (Å²) in [7, 11) is 0. The molecule has 0 radical (unpaired) electrons. The van der Waals surface area contributed by atoms with Crippen LogP contribution in [0.2, 0.25) is 0 Å². The predicted molar refractivity (Wildman–Crippen MR) is 55.1 cm³/mol. The standard InChI is InChI=1S/C10H13N3O/c11-10(12)13-8-5-6-14-9-4-2-1-3-7(8)9/h1-4,8H,5-6H2,(H4,11,12,13)/t8-/m1/s1. The first-order valence-electron chi connectivity index (χ1n) is 4.58. The van der Waals surface area contributed by atoms with E-state index in [0.29, 0.717) is 6.61 Å². The van der Waals surface area contributed by atoms with Gasteiger partial charge in [-0.25, -0.2) is 4.99 Å². The Morgan fingerprint density at radius 1 is 1.36 bits per heavy atom. The van der Waals surface area contributed by atoms with Crippen LogP contribution >= 0.6 is 0 Å². The maximum absolute atomic E-state index is 5.48. The number of para-hydroxylation sites is 1. The highest BCUT2D eigenvalue weighted by Crippen LogP contribution is 2.33. The molecule has 4 nitrogen and oxygen atoms in total. The first kappa shape index (κ1) is 8.87. The molecule has 1 aromatic rings. The van der Waals surface area contributed by atoms with Gasteiger partial charge in [-0.15, -0.1) is 0 Å². The molecule has 1 aliphatic rings. The molecule has 0 amide bonds. The van der Waals surface area contributed by atoms with E-state index in [1.54, 1.807) is 0 Å². The van der Waals surface area contributed by atoms with E-state index in [0.717, 1.165) is 17.7 Å². The van der Waals surface area contributed by atoms with Crippen LogP contribution in [-0.2, 0) is 0 Å². The molecule has 0 unspecified atom stereocenters. The molecule has 74 valence electrons. The summed E-state index contributed by atoms with van der Waals surface area (Å²) < 4.78 is 5.48. The normalized spacial score (nSPS) is 19.3. The van der Waals surface area contributed by atoms with Gasteiger partial charge in [-0.1, -0.05) is 18.2 Å². The monoisotopic (exact) mass is 191 g/mol. The van der Waals surface area contributed by atoms with Crippen molar-refractivity contribution in [1.82, 2.24) is 0 Å². The SMILES string of the molecule is NC(N)=N[C@@H]1CCOc2ccccc21. The maximum Gasteiger partial charge on any atom is 0.186 e. The van der Waals surface area contributed by atoms with E-state index in [4.69, 9.17) is 16.2 Å². The number of rotatable bonds is 1. The third kappa shape index (κ3) is 1.64. The first-order valence-corrected chi connectivity index (χ1v) is 4.58. The number of nitrogens with zero attached hydrogens (tertiary/aromatic N) is 1. The lowest BCUT2D eigenvalue weighted by Crippen LogP contribution is -2.25. The summed E-state index contributed by atoms with van der Waals surface area (Å²) in [5, 5.41) is 0. The molecule has 4 N–H and O–H groups in total. The van der Waals surface area contributed by atoms with Crippen molar-refractivity contribution in [3.05, 3.63) is 29.8 Å². The van der Waals surface area contributed by atoms with E-state index in [9.17, 15) is 0 Å². The zero-order valence-electron chi connectivity index (χ0n) is 7.81. The van der Waals surface area contributed by atoms with Crippen LogP contribution in [0.1, 0.15) is 18.0 Å². The van der Waals surface area contributed by atoms with Gasteiger partial charge in [0.25, 0.3) is 0 Å². The summed E-state index contributed by atoms with van der Waals surface area (Å²) in [6, 6.07) is 7.87. The van der Waals surface area contributed by atoms with Crippen molar-refractivity contribution in [2.24, 2.45) is 16.5 Å². The number of aliphatic imine (C=N–C) groups is 1. The van der Waals surface area contributed by atoms with E-state index in [1.165, 1.54) is 0 Å². The summed E-state index contributed by atoms with van der Waals surface area (Å²) in [6.07, 6.45) is 0.828. The Kier molecular flexibility index (Phi) is 2.26. The van der Waals surface area contributed by atoms with Crippen molar-refractivity contribution >= 4 is 5.96 Å². The van der Waals surface area contributed by atoms with Crippen LogP contribution in [-0.4, -0.2) is 12.6 Å². The third-order valence-electron chi connectivity index (χ3n) is 2.23.